The number of carbonyl (C=O) groups excluding carboxylic acids is 1. The van der Waals surface area contributed by atoms with Crippen LogP contribution in [0.4, 0.5) is 0 Å². The molecule has 1 saturated heterocycles. The summed E-state index contributed by atoms with van der Waals surface area (Å²) in [4.78, 5) is 16.8. The molecule has 0 bridgehead atoms. The normalized spacial score (nSPS) is 19.7. The summed E-state index contributed by atoms with van der Waals surface area (Å²) in [5.41, 5.74) is 1.44. The number of hydrogen-bond acceptors (Lipinski definition) is 4. The Morgan fingerprint density at radius 1 is 1.10 bits per heavy atom. The number of aryl methyl sites for hydroxylation is 1. The first-order valence-corrected chi connectivity index (χ1v) is 11.3. The maximum atomic E-state index is 13.1. The van der Waals surface area contributed by atoms with Gasteiger partial charge in [-0.3, -0.25) is 4.79 Å². The smallest absolute Gasteiger partial charge is 0.262 e. The van der Waals surface area contributed by atoms with E-state index in [1.807, 2.05) is 30.3 Å². The molecule has 1 amide bonds. The van der Waals surface area contributed by atoms with Crippen LogP contribution in [0.5, 0.6) is 0 Å². The molecule has 4 rings (SSSR count). The van der Waals surface area contributed by atoms with E-state index in [0.717, 1.165) is 5.56 Å². The van der Waals surface area contributed by atoms with Crippen LogP contribution in [0.15, 0.2) is 72.1 Å². The van der Waals surface area contributed by atoms with Crippen molar-refractivity contribution in [1.82, 2.24) is 19.2 Å². The number of aromatic nitrogens is 2. The van der Waals surface area contributed by atoms with Gasteiger partial charge in [-0.15, -0.1) is 0 Å². The van der Waals surface area contributed by atoms with Crippen LogP contribution in [-0.2, 0) is 17.1 Å². The molecule has 0 radical (unpaired) electrons. The molecule has 1 aliphatic rings. The molecule has 0 aliphatic carbocycles. The average molecular weight is 445 g/mol. The van der Waals surface area contributed by atoms with Crippen molar-refractivity contribution in [3.8, 4) is 0 Å². The van der Waals surface area contributed by atoms with Crippen molar-refractivity contribution in [2.24, 2.45) is 7.05 Å². The lowest BCUT2D eigenvalue weighted by molar-refractivity contribution is 0.0936. The summed E-state index contributed by atoms with van der Waals surface area (Å²) in [6.07, 6.45) is 2.93. The lowest BCUT2D eigenvalue weighted by atomic mass is 9.94. The minimum Gasteiger partial charge on any atom is -0.347 e. The monoisotopic (exact) mass is 444 g/mol. The van der Waals surface area contributed by atoms with Crippen LogP contribution in [0.25, 0.3) is 0 Å². The highest BCUT2D eigenvalue weighted by Crippen LogP contribution is 2.31. The summed E-state index contributed by atoms with van der Waals surface area (Å²) in [5.74, 6) is -0.449. The molecule has 1 aromatic heterocycles. The van der Waals surface area contributed by atoms with E-state index in [1.165, 1.54) is 16.8 Å². The van der Waals surface area contributed by atoms with Crippen molar-refractivity contribution >= 4 is 27.5 Å². The Morgan fingerprint density at radius 3 is 2.43 bits per heavy atom. The maximum absolute atomic E-state index is 13.1. The number of nitrogens with zero attached hydrogens (tertiary/aromatic N) is 3. The molecule has 0 spiro atoms. The Labute approximate surface area is 180 Å². The zero-order chi connectivity index (χ0) is 21.3. The first-order valence-electron chi connectivity index (χ1n) is 9.44. The van der Waals surface area contributed by atoms with E-state index in [-0.39, 0.29) is 36.0 Å². The zero-order valence-electron chi connectivity index (χ0n) is 16.3. The fraction of sp³-hybridized carbons (Fsp3) is 0.238. The summed E-state index contributed by atoms with van der Waals surface area (Å²) in [7, 11) is -2.04. The van der Waals surface area contributed by atoms with Crippen LogP contribution in [-0.4, -0.2) is 47.3 Å². The minimum atomic E-state index is -3.77. The van der Waals surface area contributed by atoms with Crippen molar-refractivity contribution in [3.63, 3.8) is 0 Å². The highest BCUT2D eigenvalue weighted by molar-refractivity contribution is 7.89. The SMILES string of the molecule is Cn1cnc(S(=O)(=O)N2C[C@@H](NC(=O)c3ccc(Cl)cc3)[C@H](c3ccccc3)C2)c1. The molecule has 2 aromatic carbocycles. The third-order valence-corrected chi connectivity index (χ3v) is 7.19. The maximum Gasteiger partial charge on any atom is 0.262 e. The number of nitrogens with one attached hydrogen (secondary N) is 1. The van der Waals surface area contributed by atoms with Crippen molar-refractivity contribution in [2.45, 2.75) is 17.0 Å². The number of carbonyl (C=O) groups is 1. The molecule has 7 nitrogen and oxygen atoms in total. The highest BCUT2D eigenvalue weighted by atomic mass is 35.5. The molecule has 1 aliphatic heterocycles. The van der Waals surface area contributed by atoms with Gasteiger partial charge in [0.05, 0.1) is 12.4 Å². The molecular formula is C21H21ClN4O3S. The number of imidazole rings is 1. The van der Waals surface area contributed by atoms with Gasteiger partial charge in [-0.25, -0.2) is 13.4 Å². The van der Waals surface area contributed by atoms with E-state index in [4.69, 9.17) is 11.6 Å². The summed E-state index contributed by atoms with van der Waals surface area (Å²) >= 11 is 5.91. The predicted octanol–water partition coefficient (Wildman–Crippen LogP) is 2.66. The predicted molar refractivity (Wildman–Crippen MR) is 114 cm³/mol. The van der Waals surface area contributed by atoms with Crippen LogP contribution >= 0.6 is 11.6 Å². The standard InChI is InChI=1S/C21H21ClN4O3S/c1-25-13-20(23-14-25)30(28,29)26-11-18(15-5-3-2-4-6-15)19(12-26)24-21(27)16-7-9-17(22)10-8-16/h2-10,13-14,18-19H,11-12H2,1H3,(H,24,27)/t18-,19+/m0/s1. The number of rotatable bonds is 5. The second-order valence-corrected chi connectivity index (χ2v) is 9.62. The van der Waals surface area contributed by atoms with Gasteiger partial charge in [-0.1, -0.05) is 41.9 Å². The summed E-state index contributed by atoms with van der Waals surface area (Å²) in [5, 5.41) is 3.55. The largest absolute Gasteiger partial charge is 0.347 e. The van der Waals surface area contributed by atoms with E-state index in [0.29, 0.717) is 10.6 Å². The van der Waals surface area contributed by atoms with E-state index < -0.39 is 10.0 Å². The van der Waals surface area contributed by atoms with Gasteiger partial charge in [0, 0.05) is 42.8 Å². The van der Waals surface area contributed by atoms with E-state index in [2.05, 4.69) is 10.3 Å². The number of halogens is 1. The van der Waals surface area contributed by atoms with E-state index in [9.17, 15) is 13.2 Å². The molecule has 1 fully saturated rings. The van der Waals surface area contributed by atoms with Crippen LogP contribution < -0.4 is 5.32 Å². The first kappa shape index (κ1) is 20.6. The number of sulfonamides is 1. The van der Waals surface area contributed by atoms with Crippen molar-refractivity contribution in [1.29, 1.82) is 0 Å². The molecule has 0 saturated carbocycles. The Balaban J connectivity index is 1.61. The molecular weight excluding hydrogens is 424 g/mol. The molecule has 2 heterocycles. The van der Waals surface area contributed by atoms with Crippen molar-refractivity contribution < 1.29 is 13.2 Å². The van der Waals surface area contributed by atoms with E-state index >= 15 is 0 Å². The molecule has 2 atom stereocenters. The minimum absolute atomic E-state index is 0.00138. The Kier molecular flexibility index (Phi) is 5.64. The van der Waals surface area contributed by atoms with Gasteiger partial charge in [0.25, 0.3) is 15.9 Å². The number of hydrogen-bond donors (Lipinski definition) is 1. The van der Waals surface area contributed by atoms with Gasteiger partial charge < -0.3 is 9.88 Å². The van der Waals surface area contributed by atoms with Crippen LogP contribution in [0.1, 0.15) is 21.8 Å². The Bertz CT molecular complexity index is 1150. The molecule has 0 unspecified atom stereocenters. The van der Waals surface area contributed by atoms with Gasteiger partial charge in [-0.2, -0.15) is 4.31 Å². The Hall–Kier alpha value is -2.68. The Morgan fingerprint density at radius 2 is 1.80 bits per heavy atom. The topological polar surface area (TPSA) is 84.3 Å². The van der Waals surface area contributed by atoms with Gasteiger partial charge in [0.2, 0.25) is 0 Å². The van der Waals surface area contributed by atoms with E-state index in [1.54, 1.807) is 35.9 Å². The quantitative estimate of drug-likeness (QED) is 0.655. The van der Waals surface area contributed by atoms with Gasteiger partial charge in [-0.05, 0) is 29.8 Å². The first-order chi connectivity index (χ1) is 14.3. The second-order valence-electron chi connectivity index (χ2n) is 7.30. The van der Waals surface area contributed by atoms with Crippen LogP contribution in [0.2, 0.25) is 5.02 Å². The highest BCUT2D eigenvalue weighted by Gasteiger charge is 2.41. The summed E-state index contributed by atoms with van der Waals surface area (Å²) in [6.45, 7) is 0.423. The molecule has 30 heavy (non-hydrogen) atoms. The fourth-order valence-corrected chi connectivity index (χ4v) is 5.24. The van der Waals surface area contributed by atoms with Crippen LogP contribution in [0, 0.1) is 0 Å². The van der Waals surface area contributed by atoms with Crippen LogP contribution in [0.3, 0.4) is 0 Å². The second kappa shape index (κ2) is 8.22. The lowest BCUT2D eigenvalue weighted by Gasteiger charge is -2.20. The number of amides is 1. The van der Waals surface area contributed by atoms with Gasteiger partial charge >= 0.3 is 0 Å². The fourth-order valence-electron chi connectivity index (χ4n) is 3.66. The number of benzene rings is 2. The molecule has 156 valence electrons. The van der Waals surface area contributed by atoms with Gasteiger partial charge in [0.1, 0.15) is 0 Å². The molecule has 9 heteroatoms. The van der Waals surface area contributed by atoms with Gasteiger partial charge in [0.15, 0.2) is 5.03 Å². The molecule has 3 aromatic rings. The third-order valence-electron chi connectivity index (χ3n) is 5.22. The summed E-state index contributed by atoms with van der Waals surface area (Å²) < 4.78 is 29.2. The van der Waals surface area contributed by atoms with Crippen molar-refractivity contribution in [3.05, 3.63) is 83.3 Å². The lowest BCUT2D eigenvalue weighted by Crippen LogP contribution is -2.40. The average Bonchev–Trinajstić information content (AvgIpc) is 3.36. The molecule has 1 N–H and O–H groups in total. The zero-order valence-corrected chi connectivity index (χ0v) is 17.8. The van der Waals surface area contributed by atoms with Crippen molar-refractivity contribution in [2.75, 3.05) is 13.1 Å². The summed E-state index contributed by atoms with van der Waals surface area (Å²) in [6, 6.07) is 15.8. The third kappa shape index (κ3) is 4.12.